The monoisotopic (exact) mass is 296 g/mol. The Morgan fingerprint density at radius 3 is 2.55 bits per heavy atom. The third-order valence-corrected chi connectivity index (χ3v) is 4.86. The normalized spacial score (nSPS) is 18.9. The lowest BCUT2D eigenvalue weighted by molar-refractivity contribution is -0.135. The number of benzene rings is 1. The van der Waals surface area contributed by atoms with Crippen LogP contribution in [-0.4, -0.2) is 32.1 Å². The van der Waals surface area contributed by atoms with E-state index in [9.17, 15) is 4.79 Å². The summed E-state index contributed by atoms with van der Waals surface area (Å²) >= 11 is 0. The minimum atomic E-state index is -0.293. The van der Waals surface area contributed by atoms with Crippen molar-refractivity contribution in [1.29, 1.82) is 0 Å². The number of carbonyl (C=O) groups is 1. The van der Waals surface area contributed by atoms with Crippen LogP contribution in [0.1, 0.15) is 35.4 Å². The van der Waals surface area contributed by atoms with Gasteiger partial charge in [-0.05, 0) is 32.3 Å². The highest BCUT2D eigenvalue weighted by Gasteiger charge is 2.53. The first-order chi connectivity index (χ1) is 10.6. The lowest BCUT2D eigenvalue weighted by Crippen LogP contribution is -2.43. The predicted molar refractivity (Wildman–Crippen MR) is 82.3 cm³/mol. The van der Waals surface area contributed by atoms with Gasteiger partial charge in [0, 0.05) is 13.1 Å². The molecule has 0 atom stereocenters. The molecule has 0 radical (unpaired) electrons. The first-order valence-corrected chi connectivity index (χ1v) is 7.83. The van der Waals surface area contributed by atoms with Gasteiger partial charge >= 0.3 is 0 Å². The average molecular weight is 296 g/mol. The number of nitrogens with zero attached hydrogens (tertiary/aromatic N) is 4. The molecule has 2 aromatic rings. The summed E-state index contributed by atoms with van der Waals surface area (Å²) in [6.45, 7) is 6.31. The molecule has 114 valence electrons. The summed E-state index contributed by atoms with van der Waals surface area (Å²) in [5.74, 6) is 1.14. The fraction of sp³-hybridized carbons (Fsp3) is 0.471. The molecule has 1 aromatic carbocycles. The van der Waals surface area contributed by atoms with E-state index in [1.165, 1.54) is 16.7 Å². The number of hydrogen-bond acceptors (Lipinski definition) is 3. The van der Waals surface area contributed by atoms with Crippen LogP contribution in [0.5, 0.6) is 0 Å². The number of rotatable bonds is 2. The molecule has 5 heteroatoms. The number of hydrogen-bond donors (Lipinski definition) is 0. The molecule has 2 aliphatic rings. The van der Waals surface area contributed by atoms with Crippen LogP contribution in [0.4, 0.5) is 0 Å². The molecule has 0 saturated heterocycles. The van der Waals surface area contributed by atoms with Crippen LogP contribution in [0, 0.1) is 13.8 Å². The zero-order valence-corrected chi connectivity index (χ0v) is 13.0. The van der Waals surface area contributed by atoms with Crippen molar-refractivity contribution in [2.24, 2.45) is 0 Å². The lowest BCUT2D eigenvalue weighted by atomic mass is 9.91. The minimum Gasteiger partial charge on any atom is -0.333 e. The summed E-state index contributed by atoms with van der Waals surface area (Å²) in [4.78, 5) is 15.1. The van der Waals surface area contributed by atoms with Crippen molar-refractivity contribution in [3.8, 4) is 0 Å². The van der Waals surface area contributed by atoms with E-state index in [0.717, 1.165) is 31.8 Å². The van der Waals surface area contributed by atoms with E-state index in [2.05, 4.69) is 42.2 Å². The first-order valence-electron chi connectivity index (χ1n) is 7.83. The smallest absolute Gasteiger partial charge is 0.233 e. The number of aromatic nitrogens is 3. The van der Waals surface area contributed by atoms with Crippen molar-refractivity contribution in [1.82, 2.24) is 19.7 Å². The fourth-order valence-corrected chi connectivity index (χ4v) is 3.54. The SMILES string of the molecule is Cc1cc(C)cc(C2(C(=O)N3CCn4cnnc4C3)CC2)c1. The van der Waals surface area contributed by atoms with E-state index >= 15 is 0 Å². The molecule has 0 unspecified atom stereocenters. The van der Waals surface area contributed by atoms with Crippen LogP contribution >= 0.6 is 0 Å². The van der Waals surface area contributed by atoms with Gasteiger partial charge in [0.15, 0.2) is 5.82 Å². The molecule has 5 nitrogen and oxygen atoms in total. The van der Waals surface area contributed by atoms with Crippen molar-refractivity contribution in [2.75, 3.05) is 6.54 Å². The summed E-state index contributed by atoms with van der Waals surface area (Å²) < 4.78 is 2.03. The molecule has 1 amide bonds. The Bertz CT molecular complexity index is 725. The maximum absolute atomic E-state index is 13.1. The predicted octanol–water partition coefficient (Wildman–Crippen LogP) is 1.97. The highest BCUT2D eigenvalue weighted by molar-refractivity contribution is 5.91. The van der Waals surface area contributed by atoms with E-state index in [0.29, 0.717) is 6.54 Å². The molecule has 1 aliphatic carbocycles. The minimum absolute atomic E-state index is 0.256. The Hall–Kier alpha value is -2.17. The number of carbonyl (C=O) groups excluding carboxylic acids is 1. The Labute approximate surface area is 130 Å². The van der Waals surface area contributed by atoms with E-state index in [1.807, 2.05) is 9.47 Å². The standard InChI is InChI=1S/C17H20N4O/c1-12-7-13(2)9-14(8-12)17(3-4-17)16(22)20-5-6-21-11-18-19-15(21)10-20/h7-9,11H,3-6,10H2,1-2H3. The maximum Gasteiger partial charge on any atom is 0.233 e. The topological polar surface area (TPSA) is 51.0 Å². The van der Waals surface area contributed by atoms with E-state index in [-0.39, 0.29) is 11.3 Å². The Kier molecular flexibility index (Phi) is 2.86. The Balaban J connectivity index is 1.62. The summed E-state index contributed by atoms with van der Waals surface area (Å²) in [6, 6.07) is 6.50. The third-order valence-electron chi connectivity index (χ3n) is 4.86. The molecule has 1 aliphatic heterocycles. The van der Waals surface area contributed by atoms with Gasteiger partial charge in [-0.1, -0.05) is 29.3 Å². The zero-order valence-electron chi connectivity index (χ0n) is 13.0. The van der Waals surface area contributed by atoms with Crippen molar-refractivity contribution in [3.05, 3.63) is 47.0 Å². The van der Waals surface area contributed by atoms with Gasteiger partial charge in [0.2, 0.25) is 5.91 Å². The molecule has 0 spiro atoms. The zero-order chi connectivity index (χ0) is 15.3. The maximum atomic E-state index is 13.1. The van der Waals surface area contributed by atoms with Gasteiger partial charge in [-0.3, -0.25) is 4.79 Å². The van der Waals surface area contributed by atoms with Crippen LogP contribution in [0.3, 0.4) is 0 Å². The van der Waals surface area contributed by atoms with Crippen molar-refractivity contribution < 1.29 is 4.79 Å². The molecular formula is C17H20N4O. The fourth-order valence-electron chi connectivity index (χ4n) is 3.54. The lowest BCUT2D eigenvalue weighted by Gasteiger charge is -2.31. The van der Waals surface area contributed by atoms with Gasteiger partial charge in [0.1, 0.15) is 6.33 Å². The quantitative estimate of drug-likeness (QED) is 0.851. The number of fused-ring (bicyclic) bond motifs is 1. The summed E-state index contributed by atoms with van der Waals surface area (Å²) in [7, 11) is 0. The first kappa shape index (κ1) is 13.5. The van der Waals surface area contributed by atoms with Crippen LogP contribution in [-0.2, 0) is 23.3 Å². The number of aryl methyl sites for hydroxylation is 2. The van der Waals surface area contributed by atoms with Crippen LogP contribution < -0.4 is 0 Å². The largest absolute Gasteiger partial charge is 0.333 e. The average Bonchev–Trinajstić information content (AvgIpc) is 3.17. The van der Waals surface area contributed by atoms with Crippen molar-refractivity contribution in [2.45, 2.75) is 45.2 Å². The Morgan fingerprint density at radius 1 is 1.14 bits per heavy atom. The van der Waals surface area contributed by atoms with Gasteiger partial charge in [-0.25, -0.2) is 0 Å². The van der Waals surface area contributed by atoms with E-state index in [4.69, 9.17) is 0 Å². The van der Waals surface area contributed by atoms with Crippen LogP contribution in [0.2, 0.25) is 0 Å². The molecule has 4 rings (SSSR count). The molecule has 1 saturated carbocycles. The van der Waals surface area contributed by atoms with Crippen LogP contribution in [0.15, 0.2) is 24.5 Å². The third kappa shape index (κ3) is 2.03. The van der Waals surface area contributed by atoms with E-state index < -0.39 is 0 Å². The van der Waals surface area contributed by atoms with E-state index in [1.54, 1.807) is 6.33 Å². The second-order valence-corrected chi connectivity index (χ2v) is 6.63. The molecule has 0 bridgehead atoms. The summed E-state index contributed by atoms with van der Waals surface area (Å²) in [5, 5.41) is 8.04. The van der Waals surface area contributed by atoms with Gasteiger partial charge in [-0.2, -0.15) is 0 Å². The van der Waals surface area contributed by atoms with Crippen molar-refractivity contribution in [3.63, 3.8) is 0 Å². The Morgan fingerprint density at radius 2 is 1.86 bits per heavy atom. The molecule has 22 heavy (non-hydrogen) atoms. The second kappa shape index (κ2) is 4.66. The number of amides is 1. The molecule has 1 aromatic heterocycles. The van der Waals surface area contributed by atoms with Gasteiger partial charge in [0.05, 0.1) is 12.0 Å². The summed E-state index contributed by atoms with van der Waals surface area (Å²) in [5.41, 5.74) is 3.35. The van der Waals surface area contributed by atoms with Gasteiger partial charge < -0.3 is 9.47 Å². The summed E-state index contributed by atoms with van der Waals surface area (Å²) in [6.07, 6.45) is 3.66. The molecular weight excluding hydrogens is 276 g/mol. The molecule has 1 fully saturated rings. The molecule has 0 N–H and O–H groups in total. The van der Waals surface area contributed by atoms with Gasteiger partial charge in [-0.15, -0.1) is 10.2 Å². The highest BCUT2D eigenvalue weighted by atomic mass is 16.2. The van der Waals surface area contributed by atoms with Gasteiger partial charge in [0.25, 0.3) is 0 Å². The van der Waals surface area contributed by atoms with Crippen molar-refractivity contribution >= 4 is 5.91 Å². The molecule has 2 heterocycles. The van der Waals surface area contributed by atoms with Crippen LogP contribution in [0.25, 0.3) is 0 Å². The second-order valence-electron chi connectivity index (χ2n) is 6.63. The highest BCUT2D eigenvalue weighted by Crippen LogP contribution is 2.50.